The number of imidazole rings is 1. The lowest BCUT2D eigenvalue weighted by atomic mass is 10.1. The summed E-state index contributed by atoms with van der Waals surface area (Å²) in [6.45, 7) is 4.71. The van der Waals surface area contributed by atoms with Crippen molar-refractivity contribution in [3.05, 3.63) is 189 Å². The van der Waals surface area contributed by atoms with Gasteiger partial charge in [0.05, 0.1) is 38.3 Å². The number of rotatable bonds is 24. The van der Waals surface area contributed by atoms with Gasteiger partial charge in [0.1, 0.15) is 49.7 Å². The summed E-state index contributed by atoms with van der Waals surface area (Å²) in [5.74, 6) is 0.536. The first kappa shape index (κ1) is 60.7. The van der Waals surface area contributed by atoms with Crippen molar-refractivity contribution in [2.24, 2.45) is 0 Å². The van der Waals surface area contributed by atoms with E-state index in [1.165, 1.54) is 61.9 Å². The van der Waals surface area contributed by atoms with E-state index in [9.17, 15) is 27.9 Å². The third kappa shape index (κ3) is 13.7. The van der Waals surface area contributed by atoms with E-state index >= 15 is 0 Å². The van der Waals surface area contributed by atoms with Gasteiger partial charge in [-0.1, -0.05) is 130 Å². The van der Waals surface area contributed by atoms with Gasteiger partial charge in [-0.3, -0.25) is 18.5 Å². The zero-order valence-electron chi connectivity index (χ0n) is 46.4. The molecule has 438 valence electrons. The van der Waals surface area contributed by atoms with Crippen LogP contribution in [0.3, 0.4) is 0 Å². The zero-order valence-corrected chi connectivity index (χ0v) is 49.1. The first-order valence-electron chi connectivity index (χ1n) is 26.5. The van der Waals surface area contributed by atoms with E-state index in [2.05, 4.69) is 9.88 Å². The van der Waals surface area contributed by atoms with E-state index in [1.807, 2.05) is 125 Å². The maximum Gasteiger partial charge on any atom is 0.416 e. The molecule has 25 heteroatoms. The average Bonchev–Trinajstić information content (AvgIpc) is 3.40. The molecule has 7 aromatic rings. The summed E-state index contributed by atoms with van der Waals surface area (Å²) >= 11 is 6.19. The highest BCUT2D eigenvalue weighted by atomic mass is 32.5. The molecule has 5 heterocycles. The van der Waals surface area contributed by atoms with Crippen molar-refractivity contribution in [2.45, 2.75) is 127 Å². The Morgan fingerprint density at radius 3 is 1.91 bits per heavy atom. The smallest absolute Gasteiger partial charge is 0.408 e. The van der Waals surface area contributed by atoms with Crippen molar-refractivity contribution in [3.63, 3.8) is 0 Å². The lowest BCUT2D eigenvalue weighted by molar-refractivity contribution is -0.138. The number of fused-ring (bicyclic) bond motifs is 1. The second kappa shape index (κ2) is 26.0. The SMILES string of the molecule is CO[C@@H]1[C@H](O[Si](C)(C)C(C)(C)C)[C@@H](COP(=S)(OCc2ccccc2C(F)(F)F)O[C@H]2[C@@H](OC)[C@H](n3cnc4c(N(Cc5ccccc5)Cc5ccccc5)ncnc43)O[C@@H]2CO)O[C@H]1n1ccc(=O)n(COCc2ccccc2)c1=O. The first-order chi connectivity index (χ1) is 39.2. The summed E-state index contributed by atoms with van der Waals surface area (Å²) in [5, 5.41) is 10.7. The molecule has 1 N–H and O–H groups in total. The second-order valence-electron chi connectivity index (χ2n) is 21.4. The Bertz CT molecular complexity index is 3370. The van der Waals surface area contributed by atoms with Crippen LogP contribution >= 0.6 is 6.72 Å². The lowest BCUT2D eigenvalue weighted by Crippen LogP contribution is -2.50. The fourth-order valence-electron chi connectivity index (χ4n) is 9.66. The van der Waals surface area contributed by atoms with Crippen LogP contribution in [0.15, 0.2) is 150 Å². The minimum absolute atomic E-state index is 0.125. The molecule has 3 aromatic heterocycles. The summed E-state index contributed by atoms with van der Waals surface area (Å²) in [6, 6.07) is 35.2. The highest BCUT2D eigenvalue weighted by Gasteiger charge is 2.54. The number of aliphatic hydroxyl groups excluding tert-OH is 1. The van der Waals surface area contributed by atoms with E-state index in [1.54, 1.807) is 4.57 Å². The van der Waals surface area contributed by atoms with Crippen LogP contribution in [0.5, 0.6) is 0 Å². The Balaban J connectivity index is 1.04. The molecule has 9 atom stereocenters. The molecule has 0 bridgehead atoms. The van der Waals surface area contributed by atoms with Crippen molar-refractivity contribution in [1.29, 1.82) is 0 Å². The van der Waals surface area contributed by atoms with E-state index in [0.29, 0.717) is 30.1 Å². The van der Waals surface area contributed by atoms with Crippen molar-refractivity contribution in [2.75, 3.05) is 32.3 Å². The van der Waals surface area contributed by atoms with Crippen molar-refractivity contribution >= 4 is 43.8 Å². The minimum Gasteiger partial charge on any atom is -0.408 e. The van der Waals surface area contributed by atoms with Crippen LogP contribution < -0.4 is 16.1 Å². The van der Waals surface area contributed by atoms with Gasteiger partial charge in [-0.15, -0.1) is 0 Å². The number of hydrogen-bond donors (Lipinski definition) is 1. The molecule has 4 aromatic carbocycles. The molecular formula is C57H67F3N7O12PSSi. The molecule has 19 nitrogen and oxygen atoms in total. The van der Waals surface area contributed by atoms with Gasteiger partial charge in [-0.25, -0.2) is 24.3 Å². The van der Waals surface area contributed by atoms with Gasteiger partial charge in [0, 0.05) is 39.6 Å². The normalized spacial score (nSPS) is 22.2. The molecule has 0 saturated carbocycles. The maximum absolute atomic E-state index is 14.5. The summed E-state index contributed by atoms with van der Waals surface area (Å²) in [5.41, 5.74) is 1.10. The summed E-state index contributed by atoms with van der Waals surface area (Å²) in [6.07, 6.45) is -9.49. The van der Waals surface area contributed by atoms with Crippen LogP contribution in [-0.4, -0.2) is 106 Å². The van der Waals surface area contributed by atoms with Crippen molar-refractivity contribution in [1.82, 2.24) is 28.7 Å². The average molecular weight is 1190 g/mol. The molecule has 1 unspecified atom stereocenters. The largest absolute Gasteiger partial charge is 0.416 e. The van der Waals surface area contributed by atoms with Gasteiger partial charge in [-0.2, -0.15) is 13.2 Å². The molecular weight excluding hydrogens is 1120 g/mol. The Morgan fingerprint density at radius 1 is 0.720 bits per heavy atom. The van der Waals surface area contributed by atoms with Crippen LogP contribution in [0.4, 0.5) is 19.0 Å². The summed E-state index contributed by atoms with van der Waals surface area (Å²) < 4.78 is 105. The monoisotopic (exact) mass is 1190 g/mol. The van der Waals surface area contributed by atoms with Gasteiger partial charge < -0.3 is 47.2 Å². The van der Waals surface area contributed by atoms with E-state index in [4.69, 9.17) is 63.5 Å². The number of halogens is 3. The molecule has 9 rings (SSSR count). The third-order valence-electron chi connectivity index (χ3n) is 14.9. The third-order valence-corrected chi connectivity index (χ3v) is 21.7. The fraction of sp³-hybridized carbons (Fsp3) is 0.421. The Labute approximate surface area is 478 Å². The number of aromatic nitrogens is 6. The zero-order chi connectivity index (χ0) is 58.4. The molecule has 82 heavy (non-hydrogen) atoms. The predicted octanol–water partition coefficient (Wildman–Crippen LogP) is 9.30. The standard InChI is InChI=1S/C57H67F3N7O12PSSi/c1-56(2,3)82(6,7)79-48-44(77-53(50(48)72-5)65-28-27-45(69)67(55(65)70)37-73-32-40-23-15-10-16-24-40)34-75-80(81,74-33-41-25-17-18-26-42(41)57(58,59)60)78-47-43(31-68)76-54(49(47)71-4)66-36-63-46-51(61-35-62-52(46)66)64(29-38-19-11-8-12-20-38)30-39-21-13-9-14-22-39/h8-28,35-36,43-44,47-50,53-54,68H,29-34,37H2,1-7H3/t43-,44-,47-,48-,49-,50-,53-,54-,80?/m1/s1. The molecule has 0 aliphatic carbocycles. The molecule has 2 aliphatic rings. The number of aliphatic hydroxyl groups is 1. The molecule has 2 aliphatic heterocycles. The van der Waals surface area contributed by atoms with E-state index in [-0.39, 0.29) is 23.9 Å². The van der Waals surface area contributed by atoms with Gasteiger partial charge in [0.15, 0.2) is 37.8 Å². The molecule has 0 radical (unpaired) electrons. The van der Waals surface area contributed by atoms with Gasteiger partial charge in [0.25, 0.3) is 5.56 Å². The number of benzene rings is 4. The minimum atomic E-state index is -4.76. The number of nitrogens with zero attached hydrogens (tertiary/aromatic N) is 7. The van der Waals surface area contributed by atoms with Crippen LogP contribution in [-0.2, 0) is 92.7 Å². The van der Waals surface area contributed by atoms with Gasteiger partial charge >= 0.3 is 18.6 Å². The van der Waals surface area contributed by atoms with Crippen LogP contribution in [0, 0.1) is 0 Å². The molecule has 0 amide bonds. The number of methoxy groups -OCH3 is 2. The van der Waals surface area contributed by atoms with Crippen molar-refractivity contribution < 1.29 is 60.0 Å². The number of ether oxygens (including phenoxy) is 5. The maximum atomic E-state index is 14.5. The number of alkyl halides is 3. The lowest BCUT2D eigenvalue weighted by Gasteiger charge is -2.40. The second-order valence-corrected chi connectivity index (χ2v) is 29.1. The quantitative estimate of drug-likeness (QED) is 0.0444. The van der Waals surface area contributed by atoms with Gasteiger partial charge in [-0.05, 0) is 58.3 Å². The Morgan fingerprint density at radius 2 is 1.30 bits per heavy atom. The molecule has 2 saturated heterocycles. The number of anilines is 1. The van der Waals surface area contributed by atoms with Gasteiger partial charge in [0.2, 0.25) is 0 Å². The number of hydrogen-bond acceptors (Lipinski definition) is 17. The fourth-order valence-corrected chi connectivity index (χ4v) is 13.0. The highest BCUT2D eigenvalue weighted by molar-refractivity contribution is 8.07. The van der Waals surface area contributed by atoms with Crippen LogP contribution in [0.2, 0.25) is 18.1 Å². The van der Waals surface area contributed by atoms with Crippen LogP contribution in [0.1, 0.15) is 61.0 Å². The Hall–Kier alpha value is -5.83. The van der Waals surface area contributed by atoms with E-state index < -0.39 is 107 Å². The predicted molar refractivity (Wildman–Crippen MR) is 304 cm³/mol. The topological polar surface area (TPSA) is 194 Å². The Kier molecular flexibility index (Phi) is 19.2. The van der Waals surface area contributed by atoms with Crippen molar-refractivity contribution in [3.8, 4) is 0 Å². The molecule has 0 spiro atoms. The highest BCUT2D eigenvalue weighted by Crippen LogP contribution is 2.56. The van der Waals surface area contributed by atoms with E-state index in [0.717, 1.165) is 27.3 Å². The summed E-state index contributed by atoms with van der Waals surface area (Å²) in [4.78, 5) is 43.8. The summed E-state index contributed by atoms with van der Waals surface area (Å²) in [7, 11) is 0.0964. The first-order valence-corrected chi connectivity index (χ1v) is 32.0. The van der Waals surface area contributed by atoms with Crippen LogP contribution in [0.25, 0.3) is 11.2 Å². The molecule has 2 fully saturated rings.